The van der Waals surface area contributed by atoms with Crippen LogP contribution in [0.5, 0.6) is 11.5 Å². The van der Waals surface area contributed by atoms with Crippen molar-refractivity contribution >= 4 is 46.8 Å². The fourth-order valence-electron chi connectivity index (χ4n) is 1.54. The highest BCUT2D eigenvalue weighted by atomic mass is 35.5. The maximum absolute atomic E-state index is 10.5. The highest BCUT2D eigenvalue weighted by Gasteiger charge is 2.06. The standard InChI is InChI=1S/C15H9Cl3O3/c16-11-4-3-10(8-12(11)17)21-14-5-1-9(7-13(14)18)2-6-15(19)20/h1-8H,(H,19,20)/b6-2+. The lowest BCUT2D eigenvalue weighted by atomic mass is 10.2. The van der Waals surface area contributed by atoms with Gasteiger partial charge in [0.2, 0.25) is 0 Å². The van der Waals surface area contributed by atoms with Crippen molar-refractivity contribution in [3.05, 3.63) is 63.1 Å². The number of halogens is 3. The van der Waals surface area contributed by atoms with E-state index in [-0.39, 0.29) is 0 Å². The largest absolute Gasteiger partial charge is 0.478 e. The topological polar surface area (TPSA) is 46.5 Å². The Morgan fingerprint density at radius 3 is 2.38 bits per heavy atom. The van der Waals surface area contributed by atoms with Gasteiger partial charge in [-0.1, -0.05) is 40.9 Å². The van der Waals surface area contributed by atoms with E-state index in [1.54, 1.807) is 36.4 Å². The van der Waals surface area contributed by atoms with Crippen molar-refractivity contribution in [3.8, 4) is 11.5 Å². The van der Waals surface area contributed by atoms with Crippen LogP contribution in [0.4, 0.5) is 0 Å². The van der Waals surface area contributed by atoms with Crippen LogP contribution in [-0.4, -0.2) is 11.1 Å². The summed E-state index contributed by atoms with van der Waals surface area (Å²) in [5.74, 6) is -0.0927. The maximum atomic E-state index is 10.5. The molecule has 0 spiro atoms. The van der Waals surface area contributed by atoms with Gasteiger partial charge in [0.1, 0.15) is 11.5 Å². The van der Waals surface area contributed by atoms with Crippen molar-refractivity contribution in [1.29, 1.82) is 0 Å². The molecule has 108 valence electrons. The number of hydrogen-bond acceptors (Lipinski definition) is 2. The molecule has 0 unspecified atom stereocenters. The Morgan fingerprint density at radius 1 is 1.00 bits per heavy atom. The molecule has 2 aromatic rings. The Bertz CT molecular complexity index is 711. The highest BCUT2D eigenvalue weighted by Crippen LogP contribution is 2.33. The Morgan fingerprint density at radius 2 is 1.76 bits per heavy atom. The van der Waals surface area contributed by atoms with Crippen LogP contribution in [0.3, 0.4) is 0 Å². The van der Waals surface area contributed by atoms with Gasteiger partial charge in [-0.2, -0.15) is 0 Å². The van der Waals surface area contributed by atoms with Crippen LogP contribution >= 0.6 is 34.8 Å². The number of carbonyl (C=O) groups is 1. The number of hydrogen-bond donors (Lipinski definition) is 1. The molecular weight excluding hydrogens is 335 g/mol. The first-order valence-corrected chi connectivity index (χ1v) is 6.92. The minimum atomic E-state index is -1.03. The van der Waals surface area contributed by atoms with Gasteiger partial charge in [0.25, 0.3) is 0 Å². The van der Waals surface area contributed by atoms with Crippen LogP contribution in [0.2, 0.25) is 15.1 Å². The molecular formula is C15H9Cl3O3. The summed E-state index contributed by atoms with van der Waals surface area (Å²) in [6, 6.07) is 9.82. The quantitative estimate of drug-likeness (QED) is 0.742. The van der Waals surface area contributed by atoms with E-state index in [4.69, 9.17) is 44.6 Å². The van der Waals surface area contributed by atoms with Gasteiger partial charge in [-0.3, -0.25) is 0 Å². The summed E-state index contributed by atoms with van der Waals surface area (Å²) in [5.41, 5.74) is 0.656. The van der Waals surface area contributed by atoms with Crippen LogP contribution in [0.15, 0.2) is 42.5 Å². The summed E-state index contributed by atoms with van der Waals surface area (Å²) in [6.07, 6.45) is 2.47. The molecule has 0 bridgehead atoms. The SMILES string of the molecule is O=C(O)/C=C/c1ccc(Oc2ccc(Cl)c(Cl)c2)c(Cl)c1. The molecule has 0 amide bonds. The Kier molecular flexibility index (Phi) is 5.12. The summed E-state index contributed by atoms with van der Waals surface area (Å²) in [7, 11) is 0. The van der Waals surface area contributed by atoms with Crippen LogP contribution < -0.4 is 4.74 Å². The second-order valence-electron chi connectivity index (χ2n) is 4.04. The van der Waals surface area contributed by atoms with E-state index in [0.29, 0.717) is 32.1 Å². The van der Waals surface area contributed by atoms with Crippen LogP contribution in [0.1, 0.15) is 5.56 Å². The number of carboxylic acid groups (broad SMARTS) is 1. The van der Waals surface area contributed by atoms with E-state index in [9.17, 15) is 4.79 Å². The highest BCUT2D eigenvalue weighted by molar-refractivity contribution is 6.42. The zero-order valence-electron chi connectivity index (χ0n) is 10.5. The van der Waals surface area contributed by atoms with Gasteiger partial charge >= 0.3 is 5.97 Å². The molecule has 2 rings (SSSR count). The second kappa shape index (κ2) is 6.85. The van der Waals surface area contributed by atoms with Crippen molar-refractivity contribution in [2.75, 3.05) is 0 Å². The zero-order chi connectivity index (χ0) is 15.4. The van der Waals surface area contributed by atoms with E-state index >= 15 is 0 Å². The van der Waals surface area contributed by atoms with Gasteiger partial charge < -0.3 is 9.84 Å². The lowest BCUT2D eigenvalue weighted by Gasteiger charge is -2.09. The number of benzene rings is 2. The zero-order valence-corrected chi connectivity index (χ0v) is 12.8. The van der Waals surface area contributed by atoms with E-state index in [2.05, 4.69) is 0 Å². The summed E-state index contributed by atoms with van der Waals surface area (Å²) >= 11 is 17.8. The molecule has 0 aliphatic carbocycles. The van der Waals surface area contributed by atoms with Gasteiger partial charge in [0.05, 0.1) is 15.1 Å². The maximum Gasteiger partial charge on any atom is 0.328 e. The van der Waals surface area contributed by atoms with Crippen molar-refractivity contribution in [1.82, 2.24) is 0 Å². The predicted molar refractivity (Wildman–Crippen MR) is 84.7 cm³/mol. The lowest BCUT2D eigenvalue weighted by Crippen LogP contribution is -1.88. The van der Waals surface area contributed by atoms with Gasteiger partial charge in [0, 0.05) is 12.1 Å². The minimum Gasteiger partial charge on any atom is -0.478 e. The molecule has 0 aliphatic heterocycles. The molecule has 3 nitrogen and oxygen atoms in total. The monoisotopic (exact) mass is 342 g/mol. The molecule has 0 heterocycles. The van der Waals surface area contributed by atoms with E-state index in [1.807, 2.05) is 0 Å². The molecule has 6 heteroatoms. The molecule has 0 saturated heterocycles. The molecule has 0 saturated carbocycles. The van der Waals surface area contributed by atoms with Crippen LogP contribution in [0.25, 0.3) is 6.08 Å². The van der Waals surface area contributed by atoms with Gasteiger partial charge in [-0.25, -0.2) is 4.79 Å². The van der Waals surface area contributed by atoms with E-state index in [0.717, 1.165) is 6.08 Å². The molecule has 2 aromatic carbocycles. The molecule has 21 heavy (non-hydrogen) atoms. The third-order valence-corrected chi connectivity index (χ3v) is 3.53. The van der Waals surface area contributed by atoms with Gasteiger partial charge in [-0.05, 0) is 35.9 Å². The first kappa shape index (κ1) is 15.7. The van der Waals surface area contributed by atoms with E-state index in [1.165, 1.54) is 6.08 Å². The Hall–Kier alpha value is -1.68. The molecule has 0 atom stereocenters. The van der Waals surface area contributed by atoms with Crippen LogP contribution in [0, 0.1) is 0 Å². The summed E-state index contributed by atoms with van der Waals surface area (Å²) in [5, 5.41) is 9.74. The van der Waals surface area contributed by atoms with E-state index < -0.39 is 5.97 Å². The third-order valence-electron chi connectivity index (χ3n) is 2.49. The van der Waals surface area contributed by atoms with Crippen molar-refractivity contribution in [2.45, 2.75) is 0 Å². The van der Waals surface area contributed by atoms with Gasteiger partial charge in [-0.15, -0.1) is 0 Å². The predicted octanol–water partition coefficient (Wildman–Crippen LogP) is 5.54. The Balaban J connectivity index is 2.21. The fraction of sp³-hybridized carbons (Fsp3) is 0. The first-order valence-electron chi connectivity index (χ1n) is 5.79. The average Bonchev–Trinajstić information content (AvgIpc) is 2.43. The number of aliphatic carboxylic acids is 1. The molecule has 0 fully saturated rings. The number of carboxylic acids is 1. The fourth-order valence-corrected chi connectivity index (χ4v) is 2.05. The summed E-state index contributed by atoms with van der Waals surface area (Å²) in [4.78, 5) is 10.5. The average molecular weight is 344 g/mol. The normalized spacial score (nSPS) is 10.8. The minimum absolute atomic E-state index is 0.355. The van der Waals surface area contributed by atoms with Crippen molar-refractivity contribution < 1.29 is 14.6 Å². The molecule has 0 aromatic heterocycles. The number of ether oxygens (including phenoxy) is 1. The summed E-state index contributed by atoms with van der Waals surface area (Å²) < 4.78 is 5.61. The molecule has 0 aliphatic rings. The third kappa shape index (κ3) is 4.39. The Labute approximate surface area is 136 Å². The molecule has 0 radical (unpaired) electrons. The second-order valence-corrected chi connectivity index (χ2v) is 5.26. The van der Waals surface area contributed by atoms with Gasteiger partial charge in [0.15, 0.2) is 0 Å². The van der Waals surface area contributed by atoms with Crippen LogP contribution in [-0.2, 0) is 4.79 Å². The number of rotatable bonds is 4. The van der Waals surface area contributed by atoms with Crippen molar-refractivity contribution in [2.24, 2.45) is 0 Å². The first-order chi connectivity index (χ1) is 9.95. The molecule has 1 N–H and O–H groups in total. The van der Waals surface area contributed by atoms with Crippen molar-refractivity contribution in [3.63, 3.8) is 0 Å². The lowest BCUT2D eigenvalue weighted by molar-refractivity contribution is -0.131. The summed E-state index contributed by atoms with van der Waals surface area (Å²) in [6.45, 7) is 0. The smallest absolute Gasteiger partial charge is 0.328 e.